The molecule has 1 aromatic rings. The summed E-state index contributed by atoms with van der Waals surface area (Å²) in [5, 5.41) is 5.59. The molecular weight excluding hydrogens is 318 g/mol. The molecule has 0 aliphatic carbocycles. The third-order valence-electron chi connectivity index (χ3n) is 4.17. The molecule has 1 aliphatic heterocycles. The lowest BCUT2D eigenvalue weighted by atomic mass is 9.91. The summed E-state index contributed by atoms with van der Waals surface area (Å²) in [4.78, 5) is 38.0. The zero-order chi connectivity index (χ0) is 18.6. The number of rotatable bonds is 3. The lowest BCUT2D eigenvalue weighted by molar-refractivity contribution is -0.142. The van der Waals surface area contributed by atoms with Crippen LogP contribution >= 0.6 is 0 Å². The second-order valence-corrected chi connectivity index (χ2v) is 7.59. The van der Waals surface area contributed by atoms with E-state index in [2.05, 4.69) is 10.6 Å². The molecule has 1 saturated heterocycles. The third kappa shape index (κ3) is 5.31. The second-order valence-electron chi connectivity index (χ2n) is 7.59. The number of nitrogens with one attached hydrogen (secondary N) is 2. The molecule has 1 aliphatic rings. The lowest BCUT2D eigenvalue weighted by Crippen LogP contribution is -2.47. The average Bonchev–Trinajstić information content (AvgIpc) is 2.53. The molecule has 0 saturated carbocycles. The number of carbonyl (C=O) groups is 3. The minimum Gasteiger partial charge on any atom is -0.341 e. The van der Waals surface area contributed by atoms with Crippen LogP contribution in [0.4, 0.5) is 11.4 Å². The zero-order valence-corrected chi connectivity index (χ0v) is 15.4. The van der Waals surface area contributed by atoms with Gasteiger partial charge in [0, 0.05) is 36.8 Å². The van der Waals surface area contributed by atoms with Crippen molar-refractivity contribution < 1.29 is 14.4 Å². The number of benzene rings is 1. The van der Waals surface area contributed by atoms with Crippen molar-refractivity contribution in [1.82, 2.24) is 4.90 Å². The lowest BCUT2D eigenvalue weighted by Gasteiger charge is -2.35. The van der Waals surface area contributed by atoms with E-state index in [1.54, 1.807) is 29.2 Å². The first-order valence-corrected chi connectivity index (χ1v) is 8.64. The van der Waals surface area contributed by atoms with E-state index in [0.29, 0.717) is 24.5 Å². The monoisotopic (exact) mass is 345 g/mol. The SMILES string of the molecule is CC(=O)Nc1cccc(NC(=O)[C@H]2CCCN(C(=O)C(C)(C)C)C2)c1. The van der Waals surface area contributed by atoms with Crippen molar-refractivity contribution in [3.8, 4) is 0 Å². The highest BCUT2D eigenvalue weighted by molar-refractivity contribution is 5.95. The number of nitrogens with zero attached hydrogens (tertiary/aromatic N) is 1. The van der Waals surface area contributed by atoms with E-state index < -0.39 is 5.41 Å². The highest BCUT2D eigenvalue weighted by Crippen LogP contribution is 2.25. The normalized spacial score (nSPS) is 17.8. The molecule has 0 radical (unpaired) electrons. The van der Waals surface area contributed by atoms with Crippen LogP contribution in [0, 0.1) is 11.3 Å². The van der Waals surface area contributed by atoms with Crippen LogP contribution in [-0.2, 0) is 14.4 Å². The van der Waals surface area contributed by atoms with Gasteiger partial charge in [-0.15, -0.1) is 0 Å². The summed E-state index contributed by atoms with van der Waals surface area (Å²) in [6, 6.07) is 7.04. The Hall–Kier alpha value is -2.37. The number of hydrogen-bond acceptors (Lipinski definition) is 3. The molecule has 1 atom stereocenters. The van der Waals surface area contributed by atoms with E-state index in [0.717, 1.165) is 12.8 Å². The topological polar surface area (TPSA) is 78.5 Å². The number of hydrogen-bond donors (Lipinski definition) is 2. The van der Waals surface area contributed by atoms with Gasteiger partial charge in [0.25, 0.3) is 0 Å². The maximum Gasteiger partial charge on any atom is 0.229 e. The van der Waals surface area contributed by atoms with Gasteiger partial charge in [0.2, 0.25) is 17.7 Å². The molecule has 1 fully saturated rings. The zero-order valence-electron chi connectivity index (χ0n) is 15.4. The van der Waals surface area contributed by atoms with Gasteiger partial charge in [0.1, 0.15) is 0 Å². The van der Waals surface area contributed by atoms with Crippen LogP contribution < -0.4 is 10.6 Å². The molecule has 136 valence electrons. The molecule has 0 aromatic heterocycles. The summed E-state index contributed by atoms with van der Waals surface area (Å²) in [6.07, 6.45) is 1.59. The van der Waals surface area contributed by atoms with E-state index in [9.17, 15) is 14.4 Å². The van der Waals surface area contributed by atoms with E-state index in [1.807, 2.05) is 20.8 Å². The summed E-state index contributed by atoms with van der Waals surface area (Å²) in [5.74, 6) is -0.388. The number of piperidine rings is 1. The molecule has 0 bridgehead atoms. The smallest absolute Gasteiger partial charge is 0.229 e. The fourth-order valence-corrected chi connectivity index (χ4v) is 2.97. The molecule has 1 heterocycles. The quantitative estimate of drug-likeness (QED) is 0.884. The van der Waals surface area contributed by atoms with Crippen molar-refractivity contribution in [1.29, 1.82) is 0 Å². The van der Waals surface area contributed by atoms with Crippen LogP contribution in [0.15, 0.2) is 24.3 Å². The van der Waals surface area contributed by atoms with Gasteiger partial charge in [-0.2, -0.15) is 0 Å². The fourth-order valence-electron chi connectivity index (χ4n) is 2.97. The molecule has 2 rings (SSSR count). The van der Waals surface area contributed by atoms with Gasteiger partial charge in [-0.25, -0.2) is 0 Å². The molecule has 0 unspecified atom stereocenters. The Morgan fingerprint density at radius 3 is 2.36 bits per heavy atom. The first kappa shape index (κ1) is 19.0. The van der Waals surface area contributed by atoms with Gasteiger partial charge in [-0.1, -0.05) is 26.8 Å². The molecule has 0 spiro atoms. The van der Waals surface area contributed by atoms with Crippen LogP contribution in [0.1, 0.15) is 40.5 Å². The summed E-state index contributed by atoms with van der Waals surface area (Å²) in [7, 11) is 0. The van der Waals surface area contributed by atoms with E-state index in [4.69, 9.17) is 0 Å². The van der Waals surface area contributed by atoms with E-state index >= 15 is 0 Å². The van der Waals surface area contributed by atoms with E-state index in [-0.39, 0.29) is 23.6 Å². The molecular formula is C19H27N3O3. The van der Waals surface area contributed by atoms with Crippen molar-refractivity contribution in [2.24, 2.45) is 11.3 Å². The predicted molar refractivity (Wildman–Crippen MR) is 98.1 cm³/mol. The first-order valence-electron chi connectivity index (χ1n) is 8.64. The molecule has 6 heteroatoms. The van der Waals surface area contributed by atoms with Crippen LogP contribution in [0.3, 0.4) is 0 Å². The minimum absolute atomic E-state index is 0.0812. The van der Waals surface area contributed by atoms with Gasteiger partial charge in [-0.3, -0.25) is 14.4 Å². The van der Waals surface area contributed by atoms with Crippen LogP contribution in [0.2, 0.25) is 0 Å². The van der Waals surface area contributed by atoms with Crippen molar-refractivity contribution in [3.63, 3.8) is 0 Å². The van der Waals surface area contributed by atoms with Crippen LogP contribution in [0.5, 0.6) is 0 Å². The van der Waals surface area contributed by atoms with Crippen LogP contribution in [-0.4, -0.2) is 35.7 Å². The number of carbonyl (C=O) groups excluding carboxylic acids is 3. The Labute approximate surface area is 149 Å². The van der Waals surface area contributed by atoms with Gasteiger partial charge in [0.15, 0.2) is 0 Å². The first-order chi connectivity index (χ1) is 11.7. The Bertz CT molecular complexity index is 664. The fraction of sp³-hybridized carbons (Fsp3) is 0.526. The molecule has 25 heavy (non-hydrogen) atoms. The largest absolute Gasteiger partial charge is 0.341 e. The Morgan fingerprint density at radius 1 is 1.12 bits per heavy atom. The summed E-state index contributed by atoms with van der Waals surface area (Å²) in [6.45, 7) is 8.28. The maximum absolute atomic E-state index is 12.6. The van der Waals surface area contributed by atoms with Crippen LogP contribution in [0.25, 0.3) is 0 Å². The highest BCUT2D eigenvalue weighted by Gasteiger charge is 2.33. The van der Waals surface area contributed by atoms with Gasteiger partial charge < -0.3 is 15.5 Å². The van der Waals surface area contributed by atoms with Crippen molar-refractivity contribution in [2.45, 2.75) is 40.5 Å². The molecule has 1 aromatic carbocycles. The molecule has 2 N–H and O–H groups in total. The van der Waals surface area contributed by atoms with Crippen molar-refractivity contribution in [2.75, 3.05) is 23.7 Å². The average molecular weight is 345 g/mol. The standard InChI is InChI=1S/C19H27N3O3/c1-13(23)20-15-8-5-9-16(11-15)21-17(24)14-7-6-10-22(12-14)18(25)19(2,3)4/h5,8-9,11,14H,6-7,10,12H2,1-4H3,(H,20,23)(H,21,24)/t14-/m0/s1. The van der Waals surface area contributed by atoms with Gasteiger partial charge >= 0.3 is 0 Å². The second kappa shape index (κ2) is 7.68. The summed E-state index contributed by atoms with van der Waals surface area (Å²) in [5.41, 5.74) is 0.833. The van der Waals surface area contributed by atoms with E-state index in [1.165, 1.54) is 6.92 Å². The third-order valence-corrected chi connectivity index (χ3v) is 4.17. The Morgan fingerprint density at radius 2 is 1.76 bits per heavy atom. The van der Waals surface area contributed by atoms with Crippen molar-refractivity contribution in [3.05, 3.63) is 24.3 Å². The number of likely N-dealkylation sites (tertiary alicyclic amines) is 1. The molecule has 6 nitrogen and oxygen atoms in total. The minimum atomic E-state index is -0.439. The Balaban J connectivity index is 2.01. The van der Waals surface area contributed by atoms with Crippen molar-refractivity contribution >= 4 is 29.1 Å². The number of amides is 3. The highest BCUT2D eigenvalue weighted by atomic mass is 16.2. The Kier molecular flexibility index (Phi) is 5.82. The summed E-state index contributed by atoms with van der Waals surface area (Å²) >= 11 is 0. The summed E-state index contributed by atoms with van der Waals surface area (Å²) < 4.78 is 0. The maximum atomic E-state index is 12.6. The van der Waals surface area contributed by atoms with Gasteiger partial charge in [0.05, 0.1) is 5.92 Å². The van der Waals surface area contributed by atoms with Gasteiger partial charge in [-0.05, 0) is 31.0 Å². The molecule has 3 amide bonds. The number of anilines is 2. The predicted octanol–water partition coefficient (Wildman–Crippen LogP) is 2.87.